The van der Waals surface area contributed by atoms with Crippen LogP contribution in [0.1, 0.15) is 48.2 Å². The Bertz CT molecular complexity index is 714. The molecule has 0 saturated carbocycles. The summed E-state index contributed by atoms with van der Waals surface area (Å²) < 4.78 is 11.0. The number of rotatable bonds is 6. The predicted octanol–water partition coefficient (Wildman–Crippen LogP) is 4.20. The molecule has 1 aromatic heterocycles. The fourth-order valence-corrected chi connectivity index (χ4v) is 3.12. The number of amides is 1. The zero-order chi connectivity index (χ0) is 16.1. The SMILES string of the molecule is COCc1c(C(=O)NCCC2=CCCCC2)oc2ccccc12. The number of hydrogen-bond donors (Lipinski definition) is 1. The molecule has 2 aromatic rings. The van der Waals surface area contributed by atoms with Crippen LogP contribution in [0.25, 0.3) is 11.0 Å². The Morgan fingerprint density at radius 3 is 2.96 bits per heavy atom. The van der Waals surface area contributed by atoms with Crippen molar-refractivity contribution in [3.63, 3.8) is 0 Å². The first-order valence-corrected chi connectivity index (χ1v) is 8.25. The second-order valence-electron chi connectivity index (χ2n) is 5.95. The van der Waals surface area contributed by atoms with Crippen LogP contribution in [-0.2, 0) is 11.3 Å². The lowest BCUT2D eigenvalue weighted by molar-refractivity contribution is 0.0922. The van der Waals surface area contributed by atoms with E-state index in [2.05, 4.69) is 11.4 Å². The van der Waals surface area contributed by atoms with Gasteiger partial charge in [0.05, 0.1) is 6.61 Å². The third kappa shape index (κ3) is 3.64. The lowest BCUT2D eigenvalue weighted by Crippen LogP contribution is -2.25. The number of para-hydroxylation sites is 1. The molecule has 4 nitrogen and oxygen atoms in total. The number of fused-ring (bicyclic) bond motifs is 1. The molecule has 0 spiro atoms. The quantitative estimate of drug-likeness (QED) is 0.813. The molecule has 1 aromatic carbocycles. The van der Waals surface area contributed by atoms with Crippen molar-refractivity contribution in [3.8, 4) is 0 Å². The van der Waals surface area contributed by atoms with Gasteiger partial charge in [-0.3, -0.25) is 4.79 Å². The van der Waals surface area contributed by atoms with Crippen LogP contribution in [0.2, 0.25) is 0 Å². The number of carbonyl (C=O) groups is 1. The minimum Gasteiger partial charge on any atom is -0.451 e. The predicted molar refractivity (Wildman–Crippen MR) is 90.4 cm³/mol. The molecule has 4 heteroatoms. The lowest BCUT2D eigenvalue weighted by Gasteiger charge is -2.12. The number of hydrogen-bond acceptors (Lipinski definition) is 3. The van der Waals surface area contributed by atoms with Crippen molar-refractivity contribution in [1.29, 1.82) is 0 Å². The molecule has 3 rings (SSSR count). The summed E-state index contributed by atoms with van der Waals surface area (Å²) in [5.74, 6) is 0.204. The number of allylic oxidation sites excluding steroid dienone is 1. The van der Waals surface area contributed by atoms with Gasteiger partial charge < -0.3 is 14.5 Å². The topological polar surface area (TPSA) is 51.5 Å². The van der Waals surface area contributed by atoms with E-state index in [1.165, 1.54) is 24.8 Å². The van der Waals surface area contributed by atoms with E-state index in [9.17, 15) is 4.79 Å². The van der Waals surface area contributed by atoms with E-state index < -0.39 is 0 Å². The third-order valence-electron chi connectivity index (χ3n) is 4.31. The summed E-state index contributed by atoms with van der Waals surface area (Å²) in [7, 11) is 1.62. The van der Waals surface area contributed by atoms with E-state index >= 15 is 0 Å². The van der Waals surface area contributed by atoms with Crippen LogP contribution in [0, 0.1) is 0 Å². The first kappa shape index (κ1) is 15.8. The van der Waals surface area contributed by atoms with Crippen molar-refractivity contribution in [2.75, 3.05) is 13.7 Å². The minimum absolute atomic E-state index is 0.162. The van der Waals surface area contributed by atoms with Gasteiger partial charge in [-0.25, -0.2) is 0 Å². The Hall–Kier alpha value is -2.07. The largest absolute Gasteiger partial charge is 0.451 e. The molecule has 0 fully saturated rings. The van der Waals surface area contributed by atoms with Gasteiger partial charge in [0.1, 0.15) is 5.58 Å². The van der Waals surface area contributed by atoms with Crippen LogP contribution in [0.3, 0.4) is 0 Å². The summed E-state index contributed by atoms with van der Waals surface area (Å²) in [6.07, 6.45) is 8.12. The monoisotopic (exact) mass is 313 g/mol. The van der Waals surface area contributed by atoms with E-state index in [1.54, 1.807) is 7.11 Å². The van der Waals surface area contributed by atoms with E-state index in [-0.39, 0.29) is 5.91 Å². The maximum absolute atomic E-state index is 12.5. The number of benzene rings is 1. The maximum Gasteiger partial charge on any atom is 0.287 e. The van der Waals surface area contributed by atoms with Gasteiger partial charge in [-0.1, -0.05) is 29.8 Å². The van der Waals surface area contributed by atoms with Crippen molar-refractivity contribution in [2.24, 2.45) is 0 Å². The first-order chi connectivity index (χ1) is 11.3. The second-order valence-corrected chi connectivity index (χ2v) is 5.95. The number of ether oxygens (including phenoxy) is 1. The molecule has 0 bridgehead atoms. The second kappa shape index (κ2) is 7.47. The molecule has 1 heterocycles. The molecule has 1 aliphatic carbocycles. The van der Waals surface area contributed by atoms with Gasteiger partial charge in [0.25, 0.3) is 5.91 Å². The zero-order valence-electron chi connectivity index (χ0n) is 13.6. The van der Waals surface area contributed by atoms with E-state index in [0.29, 0.717) is 18.9 Å². The molecule has 1 aliphatic rings. The van der Waals surface area contributed by atoms with Gasteiger partial charge in [0.15, 0.2) is 5.76 Å². The Morgan fingerprint density at radius 2 is 2.17 bits per heavy atom. The number of methoxy groups -OCH3 is 1. The highest BCUT2D eigenvalue weighted by molar-refractivity contribution is 5.99. The van der Waals surface area contributed by atoms with Crippen molar-refractivity contribution in [1.82, 2.24) is 5.32 Å². The van der Waals surface area contributed by atoms with Crippen molar-refractivity contribution >= 4 is 16.9 Å². The molecule has 23 heavy (non-hydrogen) atoms. The summed E-state index contributed by atoms with van der Waals surface area (Å²) in [4.78, 5) is 12.5. The molecule has 0 radical (unpaired) electrons. The van der Waals surface area contributed by atoms with Crippen LogP contribution in [-0.4, -0.2) is 19.6 Å². The average Bonchev–Trinajstić information content (AvgIpc) is 2.95. The number of furan rings is 1. The van der Waals surface area contributed by atoms with Gasteiger partial charge in [-0.05, 0) is 38.2 Å². The summed E-state index contributed by atoms with van der Waals surface area (Å²) >= 11 is 0. The van der Waals surface area contributed by atoms with Gasteiger partial charge in [-0.2, -0.15) is 0 Å². The molecule has 0 saturated heterocycles. The first-order valence-electron chi connectivity index (χ1n) is 8.25. The Kier molecular flexibility index (Phi) is 5.13. The Labute approximate surface area is 136 Å². The fourth-order valence-electron chi connectivity index (χ4n) is 3.12. The Morgan fingerprint density at radius 1 is 1.30 bits per heavy atom. The van der Waals surface area contributed by atoms with Gasteiger partial charge in [0, 0.05) is 24.6 Å². The molecular weight excluding hydrogens is 290 g/mol. The number of carbonyl (C=O) groups excluding carboxylic acids is 1. The summed E-state index contributed by atoms with van der Waals surface area (Å²) in [6.45, 7) is 1.01. The highest BCUT2D eigenvalue weighted by Gasteiger charge is 2.20. The van der Waals surface area contributed by atoms with Gasteiger partial charge >= 0.3 is 0 Å². The van der Waals surface area contributed by atoms with Crippen LogP contribution >= 0.6 is 0 Å². The molecule has 122 valence electrons. The normalized spacial score (nSPS) is 14.7. The lowest BCUT2D eigenvalue weighted by atomic mass is 9.97. The van der Waals surface area contributed by atoms with E-state index in [1.807, 2.05) is 24.3 Å². The highest BCUT2D eigenvalue weighted by atomic mass is 16.5. The van der Waals surface area contributed by atoms with Gasteiger partial charge in [-0.15, -0.1) is 0 Å². The van der Waals surface area contributed by atoms with Crippen molar-refractivity contribution in [3.05, 3.63) is 47.2 Å². The third-order valence-corrected chi connectivity index (χ3v) is 4.31. The smallest absolute Gasteiger partial charge is 0.287 e. The molecule has 0 unspecified atom stereocenters. The summed E-state index contributed by atoms with van der Waals surface area (Å²) in [6, 6.07) is 7.67. The highest BCUT2D eigenvalue weighted by Crippen LogP contribution is 2.26. The minimum atomic E-state index is -0.162. The molecule has 0 aliphatic heterocycles. The van der Waals surface area contributed by atoms with E-state index in [0.717, 1.165) is 29.4 Å². The number of nitrogens with one attached hydrogen (secondary N) is 1. The molecule has 0 atom stereocenters. The van der Waals surface area contributed by atoms with Crippen LogP contribution < -0.4 is 5.32 Å². The fraction of sp³-hybridized carbons (Fsp3) is 0.421. The summed E-state index contributed by atoms with van der Waals surface area (Å²) in [5, 5.41) is 3.92. The van der Waals surface area contributed by atoms with Crippen LogP contribution in [0.4, 0.5) is 0 Å². The maximum atomic E-state index is 12.5. The summed E-state index contributed by atoms with van der Waals surface area (Å²) in [5.41, 5.74) is 3.00. The van der Waals surface area contributed by atoms with Crippen molar-refractivity contribution in [2.45, 2.75) is 38.7 Å². The standard InChI is InChI=1S/C19H23NO3/c1-22-13-16-15-9-5-6-10-17(15)23-18(16)19(21)20-12-11-14-7-3-2-4-8-14/h5-7,9-10H,2-4,8,11-13H2,1H3,(H,20,21). The molecule has 1 amide bonds. The van der Waals surface area contributed by atoms with Crippen LogP contribution in [0.15, 0.2) is 40.3 Å². The molecule has 1 N–H and O–H groups in total. The van der Waals surface area contributed by atoms with Crippen LogP contribution in [0.5, 0.6) is 0 Å². The zero-order valence-corrected chi connectivity index (χ0v) is 13.6. The van der Waals surface area contributed by atoms with E-state index in [4.69, 9.17) is 9.15 Å². The van der Waals surface area contributed by atoms with Crippen molar-refractivity contribution < 1.29 is 13.9 Å². The average molecular weight is 313 g/mol. The Balaban J connectivity index is 1.70. The van der Waals surface area contributed by atoms with Gasteiger partial charge in [0.2, 0.25) is 0 Å². The molecular formula is C19H23NO3.